The first kappa shape index (κ1) is 20.6. The number of carbonyl (C=O) groups excluding carboxylic acids is 1. The van der Waals surface area contributed by atoms with Gasteiger partial charge in [0, 0.05) is 18.5 Å². The summed E-state index contributed by atoms with van der Waals surface area (Å²) in [5.41, 5.74) is 1.80. The third-order valence-corrected chi connectivity index (χ3v) is 5.11. The van der Waals surface area contributed by atoms with Gasteiger partial charge in [-0.1, -0.05) is 44.0 Å². The molecule has 9 heteroatoms. The highest BCUT2D eigenvalue weighted by Gasteiger charge is 2.20. The van der Waals surface area contributed by atoms with Gasteiger partial charge in [0.25, 0.3) is 0 Å². The van der Waals surface area contributed by atoms with E-state index in [4.69, 9.17) is 23.2 Å². The second-order valence-corrected chi connectivity index (χ2v) is 8.58. The molecule has 0 spiro atoms. The molecule has 0 fully saturated rings. The Morgan fingerprint density at radius 2 is 1.79 bits per heavy atom. The van der Waals surface area contributed by atoms with Crippen molar-refractivity contribution in [1.29, 1.82) is 0 Å². The lowest BCUT2D eigenvalue weighted by Crippen LogP contribution is -2.35. The van der Waals surface area contributed by atoms with Crippen molar-refractivity contribution in [3.63, 3.8) is 0 Å². The minimum atomic E-state index is -0.366. The standard InChI is InChI=1S/C19H24Cl2N6O/c1-11-25-26-17-16(22-7-5-6-8-23-18(28)19(2,3)4)24-14-9-12(20)13(21)10-15(14)27(11)17/h9-10H,5-8H2,1-4H3,(H,22,24)(H,23,28). The number of aromatic nitrogens is 4. The van der Waals surface area contributed by atoms with Crippen molar-refractivity contribution < 1.29 is 4.79 Å². The van der Waals surface area contributed by atoms with E-state index in [0.717, 1.165) is 24.2 Å². The molecule has 3 rings (SSSR count). The first-order valence-electron chi connectivity index (χ1n) is 9.21. The van der Waals surface area contributed by atoms with Crippen LogP contribution in [0, 0.1) is 12.3 Å². The first-order chi connectivity index (χ1) is 13.2. The molecule has 150 valence electrons. The molecule has 1 aromatic carbocycles. The second kappa shape index (κ2) is 8.09. The second-order valence-electron chi connectivity index (χ2n) is 7.76. The maximum atomic E-state index is 11.9. The number of nitrogens with one attached hydrogen (secondary N) is 2. The van der Waals surface area contributed by atoms with Gasteiger partial charge in [-0.2, -0.15) is 0 Å². The molecular weight excluding hydrogens is 399 g/mol. The van der Waals surface area contributed by atoms with Gasteiger partial charge in [-0.3, -0.25) is 9.20 Å². The Hall–Kier alpha value is -2.12. The van der Waals surface area contributed by atoms with Crippen LogP contribution in [0.5, 0.6) is 0 Å². The van der Waals surface area contributed by atoms with Crippen molar-refractivity contribution in [2.24, 2.45) is 5.41 Å². The Balaban J connectivity index is 1.69. The van der Waals surface area contributed by atoms with E-state index < -0.39 is 0 Å². The maximum absolute atomic E-state index is 11.9. The fourth-order valence-electron chi connectivity index (χ4n) is 2.81. The van der Waals surface area contributed by atoms with E-state index in [1.165, 1.54) is 0 Å². The number of hydrogen-bond donors (Lipinski definition) is 2. The molecule has 2 N–H and O–H groups in total. The summed E-state index contributed by atoms with van der Waals surface area (Å²) in [5, 5.41) is 15.6. The Morgan fingerprint density at radius 1 is 1.11 bits per heavy atom. The molecule has 0 saturated heterocycles. The van der Waals surface area contributed by atoms with Crippen LogP contribution in [-0.2, 0) is 4.79 Å². The van der Waals surface area contributed by atoms with Gasteiger partial charge in [0.05, 0.1) is 21.1 Å². The Labute approximate surface area is 173 Å². The van der Waals surface area contributed by atoms with Crippen molar-refractivity contribution >= 4 is 51.6 Å². The summed E-state index contributed by atoms with van der Waals surface area (Å²) in [6.07, 6.45) is 1.75. The molecule has 0 aliphatic heterocycles. The summed E-state index contributed by atoms with van der Waals surface area (Å²) >= 11 is 12.3. The number of carbonyl (C=O) groups is 1. The number of hydrogen-bond acceptors (Lipinski definition) is 5. The smallest absolute Gasteiger partial charge is 0.225 e. The molecule has 0 bridgehead atoms. The fraction of sp³-hybridized carbons (Fsp3) is 0.474. The number of unbranched alkanes of at least 4 members (excludes halogenated alkanes) is 1. The van der Waals surface area contributed by atoms with Crippen molar-refractivity contribution in [3.05, 3.63) is 28.0 Å². The molecule has 0 radical (unpaired) electrons. The number of benzene rings is 1. The van der Waals surface area contributed by atoms with Gasteiger partial charge in [0.15, 0.2) is 5.82 Å². The molecule has 0 aliphatic carbocycles. The van der Waals surface area contributed by atoms with Crippen LogP contribution in [0.3, 0.4) is 0 Å². The SMILES string of the molecule is Cc1nnc2c(NCCCCNC(=O)C(C)(C)C)nc3cc(Cl)c(Cl)cc3n12. The van der Waals surface area contributed by atoms with E-state index in [-0.39, 0.29) is 11.3 Å². The van der Waals surface area contributed by atoms with Gasteiger partial charge in [-0.05, 0) is 31.9 Å². The quantitative estimate of drug-likeness (QED) is 0.580. The average Bonchev–Trinajstić information content (AvgIpc) is 3.00. The van der Waals surface area contributed by atoms with Crippen LogP contribution in [0.15, 0.2) is 12.1 Å². The normalized spacial score (nSPS) is 11.9. The number of aryl methyl sites for hydroxylation is 1. The monoisotopic (exact) mass is 422 g/mol. The molecule has 0 atom stereocenters. The lowest BCUT2D eigenvalue weighted by molar-refractivity contribution is -0.128. The highest BCUT2D eigenvalue weighted by atomic mass is 35.5. The maximum Gasteiger partial charge on any atom is 0.225 e. The summed E-state index contributed by atoms with van der Waals surface area (Å²) in [5.74, 6) is 1.45. The van der Waals surface area contributed by atoms with Crippen LogP contribution in [-0.4, -0.2) is 38.6 Å². The molecule has 0 saturated carbocycles. The number of fused-ring (bicyclic) bond motifs is 3. The Kier molecular flexibility index (Phi) is 5.95. The molecule has 7 nitrogen and oxygen atoms in total. The van der Waals surface area contributed by atoms with Crippen LogP contribution in [0.25, 0.3) is 16.7 Å². The van der Waals surface area contributed by atoms with Gasteiger partial charge < -0.3 is 10.6 Å². The zero-order chi connectivity index (χ0) is 20.5. The van der Waals surface area contributed by atoms with Crippen LogP contribution in [0.2, 0.25) is 10.0 Å². The van der Waals surface area contributed by atoms with E-state index in [0.29, 0.717) is 40.1 Å². The van der Waals surface area contributed by atoms with Crippen molar-refractivity contribution in [2.75, 3.05) is 18.4 Å². The Bertz CT molecular complexity index is 1020. The van der Waals surface area contributed by atoms with Crippen LogP contribution in [0.4, 0.5) is 5.82 Å². The van der Waals surface area contributed by atoms with Crippen molar-refractivity contribution in [1.82, 2.24) is 24.9 Å². The molecule has 0 aliphatic rings. The minimum absolute atomic E-state index is 0.0628. The first-order valence-corrected chi connectivity index (χ1v) is 9.97. The van der Waals surface area contributed by atoms with Crippen molar-refractivity contribution in [2.45, 2.75) is 40.5 Å². The van der Waals surface area contributed by atoms with Crippen molar-refractivity contribution in [3.8, 4) is 0 Å². The molecule has 3 aromatic rings. The van der Waals surface area contributed by atoms with Gasteiger partial charge in [0.2, 0.25) is 11.6 Å². The molecule has 0 unspecified atom stereocenters. The lowest BCUT2D eigenvalue weighted by atomic mass is 9.96. The summed E-state index contributed by atoms with van der Waals surface area (Å²) in [4.78, 5) is 16.5. The fourth-order valence-corrected chi connectivity index (χ4v) is 3.13. The lowest BCUT2D eigenvalue weighted by Gasteiger charge is -2.17. The molecule has 2 heterocycles. The van der Waals surface area contributed by atoms with Gasteiger partial charge in [-0.15, -0.1) is 10.2 Å². The minimum Gasteiger partial charge on any atom is -0.367 e. The molecule has 2 aromatic heterocycles. The predicted molar refractivity (Wildman–Crippen MR) is 113 cm³/mol. The highest BCUT2D eigenvalue weighted by molar-refractivity contribution is 6.42. The van der Waals surface area contributed by atoms with E-state index in [1.807, 2.05) is 32.1 Å². The largest absolute Gasteiger partial charge is 0.367 e. The number of anilines is 1. The van der Waals surface area contributed by atoms with E-state index in [2.05, 4.69) is 25.8 Å². The van der Waals surface area contributed by atoms with Gasteiger partial charge >= 0.3 is 0 Å². The van der Waals surface area contributed by atoms with Crippen LogP contribution in [0.1, 0.15) is 39.4 Å². The molecule has 28 heavy (non-hydrogen) atoms. The van der Waals surface area contributed by atoms with Crippen LogP contribution >= 0.6 is 23.2 Å². The predicted octanol–water partition coefficient (Wildman–Crippen LogP) is 4.25. The highest BCUT2D eigenvalue weighted by Crippen LogP contribution is 2.29. The summed E-state index contributed by atoms with van der Waals surface area (Å²) in [7, 11) is 0. The summed E-state index contributed by atoms with van der Waals surface area (Å²) in [6, 6.07) is 3.52. The molecule has 1 amide bonds. The third kappa shape index (κ3) is 4.31. The number of halogens is 2. The zero-order valence-electron chi connectivity index (χ0n) is 16.4. The molecular formula is C19H24Cl2N6O. The summed E-state index contributed by atoms with van der Waals surface area (Å²) < 4.78 is 1.91. The van der Waals surface area contributed by atoms with E-state index >= 15 is 0 Å². The number of rotatable bonds is 6. The topological polar surface area (TPSA) is 84.2 Å². The van der Waals surface area contributed by atoms with Gasteiger partial charge in [-0.25, -0.2) is 4.98 Å². The Morgan fingerprint density at radius 3 is 2.50 bits per heavy atom. The average molecular weight is 423 g/mol. The van der Waals surface area contributed by atoms with Gasteiger partial charge in [0.1, 0.15) is 5.82 Å². The summed E-state index contributed by atoms with van der Waals surface area (Å²) in [6.45, 7) is 8.94. The van der Waals surface area contributed by atoms with E-state index in [1.54, 1.807) is 12.1 Å². The third-order valence-electron chi connectivity index (χ3n) is 4.39. The van der Waals surface area contributed by atoms with Crippen LogP contribution < -0.4 is 10.6 Å². The van der Waals surface area contributed by atoms with E-state index in [9.17, 15) is 4.79 Å². The zero-order valence-corrected chi connectivity index (χ0v) is 17.9. The number of nitrogens with zero attached hydrogens (tertiary/aromatic N) is 4. The number of amides is 1.